The molecule has 1 aliphatic carbocycles. The molecule has 0 bridgehead atoms. The van der Waals surface area contributed by atoms with Gasteiger partial charge in [-0.05, 0) is 43.9 Å². The van der Waals surface area contributed by atoms with Crippen LogP contribution >= 0.6 is 0 Å². The molecule has 0 spiro atoms. The van der Waals surface area contributed by atoms with Gasteiger partial charge in [-0.25, -0.2) is 0 Å². The Morgan fingerprint density at radius 2 is 1.72 bits per heavy atom. The van der Waals surface area contributed by atoms with E-state index in [0.717, 1.165) is 29.7 Å². The fourth-order valence-corrected chi connectivity index (χ4v) is 3.15. The molecule has 1 saturated heterocycles. The summed E-state index contributed by atoms with van der Waals surface area (Å²) in [5, 5.41) is 5.64. The molecule has 2 aliphatic rings. The van der Waals surface area contributed by atoms with Crippen molar-refractivity contribution in [2.24, 2.45) is 11.8 Å². The lowest BCUT2D eigenvalue weighted by Crippen LogP contribution is -2.38. The van der Waals surface area contributed by atoms with E-state index in [9.17, 15) is 14.4 Å². The predicted molar refractivity (Wildman–Crippen MR) is 95.1 cm³/mol. The third-order valence-electron chi connectivity index (χ3n) is 5.03. The van der Waals surface area contributed by atoms with Gasteiger partial charge in [-0.2, -0.15) is 0 Å². The minimum atomic E-state index is -0.341. The molecule has 1 heterocycles. The number of amides is 3. The number of carbonyl (C=O) groups excluding carboxylic acids is 3. The van der Waals surface area contributed by atoms with Crippen molar-refractivity contribution in [2.45, 2.75) is 33.1 Å². The van der Waals surface area contributed by atoms with Gasteiger partial charge in [0.25, 0.3) is 0 Å². The second-order valence-electron chi connectivity index (χ2n) is 6.98. The number of hydrogen-bond acceptors (Lipinski definition) is 3. The van der Waals surface area contributed by atoms with Gasteiger partial charge in [0.2, 0.25) is 17.7 Å². The first-order valence-corrected chi connectivity index (χ1v) is 8.89. The Balaban J connectivity index is 1.50. The highest BCUT2D eigenvalue weighted by molar-refractivity contribution is 6.00. The molecule has 1 aromatic rings. The molecule has 0 unspecified atom stereocenters. The highest BCUT2D eigenvalue weighted by Gasteiger charge is 2.35. The van der Waals surface area contributed by atoms with Crippen LogP contribution in [0.3, 0.4) is 0 Å². The van der Waals surface area contributed by atoms with Crippen LogP contribution in [0, 0.1) is 25.7 Å². The van der Waals surface area contributed by atoms with Crippen molar-refractivity contribution in [1.29, 1.82) is 0 Å². The van der Waals surface area contributed by atoms with E-state index in [1.165, 1.54) is 0 Å². The summed E-state index contributed by atoms with van der Waals surface area (Å²) in [6, 6.07) is 5.87. The Bertz CT molecular complexity index is 697. The standard InChI is InChI=1S/C19H25N3O3/c1-12-4-3-5-16(13(12)2)22-11-15(10-17(22)23)19(25)21-9-8-20-18(24)14-6-7-14/h3-5,14-15H,6-11H2,1-2H3,(H,20,24)(H,21,25)/t15-/m0/s1. The van der Waals surface area contributed by atoms with Crippen LogP contribution in [0.2, 0.25) is 0 Å². The normalized spacial score (nSPS) is 19.8. The van der Waals surface area contributed by atoms with Crippen molar-refractivity contribution in [3.63, 3.8) is 0 Å². The van der Waals surface area contributed by atoms with E-state index in [1.807, 2.05) is 32.0 Å². The summed E-state index contributed by atoms with van der Waals surface area (Å²) in [4.78, 5) is 37.9. The monoisotopic (exact) mass is 343 g/mol. The summed E-state index contributed by atoms with van der Waals surface area (Å²) in [5.74, 6) is -0.232. The van der Waals surface area contributed by atoms with Crippen molar-refractivity contribution in [3.8, 4) is 0 Å². The Morgan fingerprint density at radius 3 is 2.36 bits per heavy atom. The zero-order valence-electron chi connectivity index (χ0n) is 14.8. The topological polar surface area (TPSA) is 78.5 Å². The zero-order valence-corrected chi connectivity index (χ0v) is 14.8. The lowest BCUT2D eigenvalue weighted by Gasteiger charge is -2.20. The Morgan fingerprint density at radius 1 is 1.08 bits per heavy atom. The number of nitrogens with one attached hydrogen (secondary N) is 2. The number of nitrogens with zero attached hydrogens (tertiary/aromatic N) is 1. The Labute approximate surface area is 148 Å². The fourth-order valence-electron chi connectivity index (χ4n) is 3.15. The van der Waals surface area contributed by atoms with Crippen LogP contribution in [0.4, 0.5) is 5.69 Å². The molecule has 2 N–H and O–H groups in total. The smallest absolute Gasteiger partial charge is 0.227 e. The van der Waals surface area contributed by atoms with Crippen LogP contribution in [0.1, 0.15) is 30.4 Å². The van der Waals surface area contributed by atoms with Gasteiger partial charge >= 0.3 is 0 Å². The summed E-state index contributed by atoms with van der Waals surface area (Å²) in [6.45, 7) is 5.24. The van der Waals surface area contributed by atoms with Crippen LogP contribution in [0.5, 0.6) is 0 Å². The van der Waals surface area contributed by atoms with Crippen LogP contribution in [-0.2, 0) is 14.4 Å². The summed E-state index contributed by atoms with van der Waals surface area (Å²) in [6.07, 6.45) is 2.17. The van der Waals surface area contributed by atoms with Crippen LogP contribution in [0.15, 0.2) is 18.2 Å². The minimum absolute atomic E-state index is 0.0177. The van der Waals surface area contributed by atoms with Crippen molar-refractivity contribution in [1.82, 2.24) is 10.6 Å². The van der Waals surface area contributed by atoms with Crippen molar-refractivity contribution in [3.05, 3.63) is 29.3 Å². The highest BCUT2D eigenvalue weighted by atomic mass is 16.2. The summed E-state index contributed by atoms with van der Waals surface area (Å²) >= 11 is 0. The fraction of sp³-hybridized carbons (Fsp3) is 0.526. The molecule has 1 aliphatic heterocycles. The summed E-state index contributed by atoms with van der Waals surface area (Å²) < 4.78 is 0. The first-order valence-electron chi connectivity index (χ1n) is 8.89. The quantitative estimate of drug-likeness (QED) is 0.764. The van der Waals surface area contributed by atoms with Gasteiger partial charge in [0.1, 0.15) is 0 Å². The van der Waals surface area contributed by atoms with E-state index >= 15 is 0 Å². The SMILES string of the molecule is Cc1cccc(N2C[C@@H](C(=O)NCCNC(=O)C3CC3)CC2=O)c1C. The van der Waals surface area contributed by atoms with E-state index in [2.05, 4.69) is 10.6 Å². The third-order valence-corrected chi connectivity index (χ3v) is 5.03. The van der Waals surface area contributed by atoms with Gasteiger partial charge in [-0.1, -0.05) is 12.1 Å². The molecule has 6 nitrogen and oxygen atoms in total. The van der Waals surface area contributed by atoms with Gasteiger partial charge < -0.3 is 15.5 Å². The van der Waals surface area contributed by atoms with Gasteiger partial charge in [0.05, 0.1) is 5.92 Å². The molecule has 3 rings (SSSR count). The molecule has 0 aromatic heterocycles. The second-order valence-corrected chi connectivity index (χ2v) is 6.98. The molecule has 0 radical (unpaired) electrons. The first-order chi connectivity index (χ1) is 12.0. The number of hydrogen-bond donors (Lipinski definition) is 2. The molecule has 134 valence electrons. The van der Waals surface area contributed by atoms with Crippen LogP contribution in [0.25, 0.3) is 0 Å². The lowest BCUT2D eigenvalue weighted by atomic mass is 10.1. The molecular weight excluding hydrogens is 318 g/mol. The zero-order chi connectivity index (χ0) is 18.0. The molecule has 1 aromatic carbocycles. The molecule has 1 saturated carbocycles. The van der Waals surface area contributed by atoms with Crippen molar-refractivity contribution in [2.75, 3.05) is 24.5 Å². The van der Waals surface area contributed by atoms with Crippen LogP contribution < -0.4 is 15.5 Å². The number of aryl methyl sites for hydroxylation is 1. The van der Waals surface area contributed by atoms with E-state index < -0.39 is 0 Å². The van der Waals surface area contributed by atoms with Gasteiger partial charge in [-0.3, -0.25) is 14.4 Å². The van der Waals surface area contributed by atoms with E-state index in [0.29, 0.717) is 19.6 Å². The third kappa shape index (κ3) is 4.00. The number of benzene rings is 1. The van der Waals surface area contributed by atoms with Gasteiger partial charge in [0, 0.05) is 37.7 Å². The van der Waals surface area contributed by atoms with Crippen molar-refractivity contribution < 1.29 is 14.4 Å². The molecule has 3 amide bonds. The van der Waals surface area contributed by atoms with Gasteiger partial charge in [-0.15, -0.1) is 0 Å². The van der Waals surface area contributed by atoms with E-state index in [4.69, 9.17) is 0 Å². The minimum Gasteiger partial charge on any atom is -0.354 e. The Kier molecular flexibility index (Phi) is 5.06. The number of carbonyl (C=O) groups is 3. The molecular formula is C19H25N3O3. The molecule has 2 fully saturated rings. The molecule has 6 heteroatoms. The summed E-state index contributed by atoms with van der Waals surface area (Å²) in [5.41, 5.74) is 3.08. The lowest BCUT2D eigenvalue weighted by molar-refractivity contribution is -0.126. The maximum absolute atomic E-state index is 12.3. The second kappa shape index (κ2) is 7.25. The Hall–Kier alpha value is -2.37. The maximum Gasteiger partial charge on any atom is 0.227 e. The van der Waals surface area contributed by atoms with Gasteiger partial charge in [0.15, 0.2) is 0 Å². The predicted octanol–water partition coefficient (Wildman–Crippen LogP) is 1.30. The molecule has 25 heavy (non-hydrogen) atoms. The van der Waals surface area contributed by atoms with Crippen molar-refractivity contribution >= 4 is 23.4 Å². The average Bonchev–Trinajstić information content (AvgIpc) is 3.37. The largest absolute Gasteiger partial charge is 0.354 e. The average molecular weight is 343 g/mol. The van der Waals surface area contributed by atoms with Crippen LogP contribution in [-0.4, -0.2) is 37.4 Å². The van der Waals surface area contributed by atoms with E-state index in [1.54, 1.807) is 4.90 Å². The number of anilines is 1. The number of rotatable bonds is 6. The summed E-state index contributed by atoms with van der Waals surface area (Å²) in [7, 11) is 0. The molecule has 1 atom stereocenters. The highest BCUT2D eigenvalue weighted by Crippen LogP contribution is 2.29. The first kappa shape index (κ1) is 17.5. The maximum atomic E-state index is 12.3. The van der Waals surface area contributed by atoms with E-state index in [-0.39, 0.29) is 36.0 Å².